The first-order valence-corrected chi connectivity index (χ1v) is 11.8. The molecule has 0 spiro atoms. The van der Waals surface area contributed by atoms with Crippen LogP contribution in [0.5, 0.6) is 0 Å². The highest BCUT2D eigenvalue weighted by Gasteiger charge is 2.27. The van der Waals surface area contributed by atoms with E-state index in [-0.39, 0.29) is 16.4 Å². The fraction of sp³-hybridized carbons (Fsp3) is 0.391. The minimum Gasteiger partial charge on any atom is -0.449 e. The average molecular weight is 445 g/mol. The molecule has 2 aromatic carbocycles. The van der Waals surface area contributed by atoms with Crippen LogP contribution in [0.2, 0.25) is 0 Å². The predicted molar refractivity (Wildman–Crippen MR) is 118 cm³/mol. The van der Waals surface area contributed by atoms with Crippen molar-refractivity contribution in [3.05, 3.63) is 60.2 Å². The third kappa shape index (κ3) is 5.25. The summed E-state index contributed by atoms with van der Waals surface area (Å²) in [5.74, 6) is -0.270. The summed E-state index contributed by atoms with van der Waals surface area (Å²) < 4.78 is 32.2. The molecule has 0 N–H and O–H groups in total. The van der Waals surface area contributed by atoms with Crippen molar-refractivity contribution in [2.45, 2.75) is 37.7 Å². The number of hydrogen-bond acceptors (Lipinski definition) is 5. The molecule has 0 saturated carbocycles. The number of para-hydroxylation sites is 1. The fourth-order valence-electron chi connectivity index (χ4n) is 3.46. The van der Waals surface area contributed by atoms with Crippen molar-refractivity contribution in [3.63, 3.8) is 0 Å². The average Bonchev–Trinajstić information content (AvgIpc) is 2.79. The maximum absolute atomic E-state index is 12.8. The van der Waals surface area contributed by atoms with Crippen molar-refractivity contribution in [2.24, 2.45) is 5.92 Å². The van der Waals surface area contributed by atoms with Gasteiger partial charge in [0.1, 0.15) is 0 Å². The van der Waals surface area contributed by atoms with Gasteiger partial charge < -0.3 is 9.64 Å². The summed E-state index contributed by atoms with van der Waals surface area (Å²) in [6.45, 7) is 5.06. The number of rotatable bonds is 6. The lowest BCUT2D eigenvalue weighted by Gasteiger charge is -2.31. The lowest BCUT2D eigenvalue weighted by molar-refractivity contribution is -0.141. The van der Waals surface area contributed by atoms with E-state index >= 15 is 0 Å². The molecule has 1 fully saturated rings. The maximum atomic E-state index is 12.8. The smallest absolute Gasteiger partial charge is 0.338 e. The normalized spacial score (nSPS) is 15.9. The van der Waals surface area contributed by atoms with Crippen LogP contribution in [-0.4, -0.2) is 51.4 Å². The van der Waals surface area contributed by atoms with Crippen LogP contribution in [0.25, 0.3) is 0 Å². The molecule has 31 heavy (non-hydrogen) atoms. The Hall–Kier alpha value is -2.87. The first kappa shape index (κ1) is 22.8. The number of amides is 1. The Bertz CT molecular complexity index is 1010. The summed E-state index contributed by atoms with van der Waals surface area (Å²) >= 11 is 0. The molecule has 0 radical (unpaired) electrons. The molecule has 166 valence electrons. The summed E-state index contributed by atoms with van der Waals surface area (Å²) in [5, 5.41) is 0. The van der Waals surface area contributed by atoms with E-state index in [0.717, 1.165) is 12.8 Å². The summed E-state index contributed by atoms with van der Waals surface area (Å²) in [6, 6.07) is 14.2. The highest BCUT2D eigenvalue weighted by Crippen LogP contribution is 2.22. The van der Waals surface area contributed by atoms with Crippen molar-refractivity contribution < 1.29 is 22.7 Å². The lowest BCUT2D eigenvalue weighted by Crippen LogP contribution is -2.44. The Morgan fingerprint density at radius 1 is 1.03 bits per heavy atom. The first-order valence-electron chi connectivity index (χ1n) is 10.3. The zero-order valence-electron chi connectivity index (χ0n) is 18.0. The molecule has 2 aromatic rings. The molecule has 1 saturated heterocycles. The molecule has 1 heterocycles. The second kappa shape index (κ2) is 9.51. The van der Waals surface area contributed by atoms with Crippen molar-refractivity contribution in [1.29, 1.82) is 0 Å². The fourth-order valence-corrected chi connectivity index (χ4v) is 4.66. The Morgan fingerprint density at radius 2 is 1.61 bits per heavy atom. The minimum atomic E-state index is -3.77. The van der Waals surface area contributed by atoms with Gasteiger partial charge in [0, 0.05) is 20.1 Å². The molecule has 0 bridgehead atoms. The zero-order chi connectivity index (χ0) is 22.6. The third-order valence-electron chi connectivity index (χ3n) is 5.60. The van der Waals surface area contributed by atoms with Crippen molar-refractivity contribution >= 4 is 27.6 Å². The minimum absolute atomic E-state index is 0.0574. The van der Waals surface area contributed by atoms with E-state index < -0.39 is 22.1 Å². The van der Waals surface area contributed by atoms with Gasteiger partial charge in [-0.3, -0.25) is 9.10 Å². The summed E-state index contributed by atoms with van der Waals surface area (Å²) in [6.07, 6.45) is 0.994. The van der Waals surface area contributed by atoms with Gasteiger partial charge in [0.25, 0.3) is 15.9 Å². The van der Waals surface area contributed by atoms with Crippen LogP contribution in [0.15, 0.2) is 59.5 Å². The standard InChI is InChI=1S/C23H28N2O5S/c1-17-13-15-25(16-14-17)22(26)18(2)30-23(27)19-9-11-21(12-10-19)31(28,29)24(3)20-7-5-4-6-8-20/h4-12,17-18H,13-16H2,1-3H3. The number of carbonyl (C=O) groups is 2. The van der Waals surface area contributed by atoms with Crippen molar-refractivity contribution in [1.82, 2.24) is 4.90 Å². The van der Waals surface area contributed by atoms with Crippen LogP contribution in [0, 0.1) is 5.92 Å². The zero-order valence-corrected chi connectivity index (χ0v) is 18.8. The number of carbonyl (C=O) groups excluding carboxylic acids is 2. The number of anilines is 1. The second-order valence-electron chi connectivity index (χ2n) is 7.89. The van der Waals surface area contributed by atoms with Gasteiger partial charge in [0.15, 0.2) is 6.10 Å². The van der Waals surface area contributed by atoms with E-state index in [1.807, 2.05) is 6.07 Å². The van der Waals surface area contributed by atoms with Crippen LogP contribution >= 0.6 is 0 Å². The molecule has 7 nitrogen and oxygen atoms in total. The van der Waals surface area contributed by atoms with Crippen molar-refractivity contribution in [2.75, 3.05) is 24.4 Å². The summed E-state index contributed by atoms with van der Waals surface area (Å²) in [4.78, 5) is 26.8. The Balaban J connectivity index is 1.65. The Morgan fingerprint density at radius 3 is 2.19 bits per heavy atom. The van der Waals surface area contributed by atoms with Crippen molar-refractivity contribution in [3.8, 4) is 0 Å². The Kier molecular flexibility index (Phi) is 7.00. The summed E-state index contributed by atoms with van der Waals surface area (Å²) in [7, 11) is -2.30. The second-order valence-corrected chi connectivity index (χ2v) is 9.86. The molecule has 1 aliphatic rings. The predicted octanol–water partition coefficient (Wildman–Crippen LogP) is 3.32. The van der Waals surface area contributed by atoms with Crippen LogP contribution in [0.3, 0.4) is 0 Å². The first-order chi connectivity index (χ1) is 14.7. The van der Waals surface area contributed by atoms with Gasteiger partial charge in [0.2, 0.25) is 0 Å². The molecular weight excluding hydrogens is 416 g/mol. The van der Waals surface area contributed by atoms with Gasteiger partial charge in [-0.15, -0.1) is 0 Å². The van der Waals surface area contributed by atoms with E-state index in [0.29, 0.717) is 24.7 Å². The van der Waals surface area contributed by atoms with Gasteiger partial charge in [-0.25, -0.2) is 13.2 Å². The summed E-state index contributed by atoms with van der Waals surface area (Å²) in [5.41, 5.74) is 0.721. The molecule has 8 heteroatoms. The number of likely N-dealkylation sites (tertiary alicyclic amines) is 1. The molecule has 1 amide bonds. The maximum Gasteiger partial charge on any atom is 0.338 e. The van der Waals surface area contributed by atoms with Gasteiger partial charge >= 0.3 is 5.97 Å². The molecular formula is C23H28N2O5S. The molecule has 1 unspecified atom stereocenters. The Labute approximate surface area is 183 Å². The van der Waals surface area contributed by atoms with Crippen LogP contribution < -0.4 is 4.31 Å². The number of nitrogens with zero attached hydrogens (tertiary/aromatic N) is 2. The largest absolute Gasteiger partial charge is 0.449 e. The lowest BCUT2D eigenvalue weighted by atomic mass is 9.99. The quantitative estimate of drug-likeness (QED) is 0.638. The van der Waals surface area contributed by atoms with Crippen LogP contribution in [0.1, 0.15) is 37.0 Å². The van der Waals surface area contributed by atoms with E-state index in [1.54, 1.807) is 36.1 Å². The highest BCUT2D eigenvalue weighted by atomic mass is 32.2. The highest BCUT2D eigenvalue weighted by molar-refractivity contribution is 7.92. The monoisotopic (exact) mass is 444 g/mol. The molecule has 3 rings (SSSR count). The molecule has 0 aliphatic carbocycles. The number of benzene rings is 2. The molecule has 0 aromatic heterocycles. The number of ether oxygens (including phenoxy) is 1. The number of sulfonamides is 1. The number of hydrogen-bond donors (Lipinski definition) is 0. The van der Waals surface area contributed by atoms with E-state index in [4.69, 9.17) is 4.74 Å². The number of piperidine rings is 1. The van der Waals surface area contributed by atoms with Crippen LogP contribution in [-0.2, 0) is 19.6 Å². The topological polar surface area (TPSA) is 84.0 Å². The van der Waals surface area contributed by atoms with E-state index in [2.05, 4.69) is 6.92 Å². The SMILES string of the molecule is CC1CCN(C(=O)C(C)OC(=O)c2ccc(S(=O)(=O)N(C)c3ccccc3)cc2)CC1. The van der Waals surface area contributed by atoms with Gasteiger partial charge in [-0.05, 0) is 62.1 Å². The van der Waals surface area contributed by atoms with Gasteiger partial charge in [0.05, 0.1) is 16.1 Å². The molecule has 1 atom stereocenters. The van der Waals surface area contributed by atoms with E-state index in [9.17, 15) is 18.0 Å². The molecule has 1 aliphatic heterocycles. The third-order valence-corrected chi connectivity index (χ3v) is 7.39. The number of esters is 1. The van der Waals surface area contributed by atoms with E-state index in [1.165, 1.54) is 35.6 Å². The van der Waals surface area contributed by atoms with Crippen LogP contribution in [0.4, 0.5) is 5.69 Å². The van der Waals surface area contributed by atoms with Gasteiger partial charge in [-0.2, -0.15) is 0 Å². The van der Waals surface area contributed by atoms with Gasteiger partial charge in [-0.1, -0.05) is 25.1 Å².